The third-order valence-corrected chi connectivity index (χ3v) is 5.15. The zero-order chi connectivity index (χ0) is 17.7. The lowest BCUT2D eigenvalue weighted by Gasteiger charge is -2.29. The van der Waals surface area contributed by atoms with Gasteiger partial charge in [-0.05, 0) is 43.5 Å². The fourth-order valence-electron chi connectivity index (χ4n) is 3.94. The van der Waals surface area contributed by atoms with Gasteiger partial charge in [-0.2, -0.15) is 10.2 Å². The van der Waals surface area contributed by atoms with Crippen LogP contribution in [0.1, 0.15) is 19.3 Å². The Kier molecular flexibility index (Phi) is 3.03. The molecular weight excluding hydrogens is 330 g/mol. The van der Waals surface area contributed by atoms with Crippen LogP contribution in [0.15, 0.2) is 58.6 Å². The molecule has 1 spiro atoms. The lowest BCUT2D eigenvalue weighted by Crippen LogP contribution is -2.45. The molecule has 8 nitrogen and oxygen atoms in total. The van der Waals surface area contributed by atoms with Crippen molar-refractivity contribution in [2.45, 2.75) is 19.3 Å². The standard InChI is InChI=1S/C18H17N7O/c19-15(26)14-18-8-2-1-3-13(18)22-23-17(18)25(24-14)12-6-4-11(5-7-12)16-20-9-10-21-16/h3-7,9-10,22H,1-2,8H2,(H2,19,26)(H,20,21). The Labute approximate surface area is 149 Å². The maximum absolute atomic E-state index is 12.1. The number of carbonyl (C=O) groups excluding carboxylic acids is 1. The first kappa shape index (κ1) is 14.9. The van der Waals surface area contributed by atoms with E-state index >= 15 is 0 Å². The van der Waals surface area contributed by atoms with Gasteiger partial charge in [0.1, 0.15) is 17.0 Å². The van der Waals surface area contributed by atoms with Crippen LogP contribution in [0.3, 0.4) is 0 Å². The number of rotatable bonds is 3. The molecule has 0 radical (unpaired) electrons. The number of aromatic amines is 1. The van der Waals surface area contributed by atoms with E-state index in [9.17, 15) is 4.79 Å². The minimum absolute atomic E-state index is 0.349. The molecule has 0 fully saturated rings. The molecule has 2 aromatic rings. The predicted molar refractivity (Wildman–Crippen MR) is 98.1 cm³/mol. The summed E-state index contributed by atoms with van der Waals surface area (Å²) >= 11 is 0. The predicted octanol–water partition coefficient (Wildman–Crippen LogP) is 1.71. The van der Waals surface area contributed by atoms with Gasteiger partial charge >= 0.3 is 0 Å². The van der Waals surface area contributed by atoms with Crippen LogP contribution in [0, 0.1) is 5.41 Å². The number of allylic oxidation sites excluding steroid dienone is 1. The normalized spacial score (nSPS) is 23.5. The second-order valence-corrected chi connectivity index (χ2v) is 6.57. The van der Waals surface area contributed by atoms with Gasteiger partial charge in [0.2, 0.25) is 0 Å². The van der Waals surface area contributed by atoms with Gasteiger partial charge in [0, 0.05) is 23.7 Å². The molecule has 1 aromatic heterocycles. The first-order valence-electron chi connectivity index (χ1n) is 8.54. The number of H-pyrrole nitrogens is 1. The SMILES string of the molecule is NC(=O)C1=NN(c2ccc(-c3ncc[nH]3)cc2)C2=NNC3=CCCCC312. The van der Waals surface area contributed by atoms with E-state index in [1.807, 2.05) is 24.3 Å². The highest BCUT2D eigenvalue weighted by Crippen LogP contribution is 2.47. The third kappa shape index (κ3) is 1.89. The van der Waals surface area contributed by atoms with Crippen LogP contribution in [0.4, 0.5) is 5.69 Å². The van der Waals surface area contributed by atoms with Gasteiger partial charge in [-0.15, -0.1) is 0 Å². The van der Waals surface area contributed by atoms with Crippen molar-refractivity contribution in [3.63, 3.8) is 0 Å². The summed E-state index contributed by atoms with van der Waals surface area (Å²) in [6.45, 7) is 0. The van der Waals surface area contributed by atoms with Crippen molar-refractivity contribution in [1.29, 1.82) is 0 Å². The van der Waals surface area contributed by atoms with Gasteiger partial charge in [0.15, 0.2) is 5.84 Å². The van der Waals surface area contributed by atoms with E-state index in [1.54, 1.807) is 17.4 Å². The van der Waals surface area contributed by atoms with Crippen LogP contribution in [-0.2, 0) is 4.79 Å². The Balaban J connectivity index is 1.57. The molecule has 1 unspecified atom stereocenters. The maximum Gasteiger partial charge on any atom is 0.266 e. The zero-order valence-corrected chi connectivity index (χ0v) is 13.9. The van der Waals surface area contributed by atoms with Crippen molar-refractivity contribution in [2.75, 3.05) is 5.01 Å². The number of anilines is 1. The monoisotopic (exact) mass is 347 g/mol. The average Bonchev–Trinajstić information content (AvgIpc) is 3.36. The van der Waals surface area contributed by atoms with Crippen LogP contribution < -0.4 is 16.2 Å². The van der Waals surface area contributed by atoms with Crippen molar-refractivity contribution >= 4 is 23.1 Å². The molecule has 3 heterocycles. The van der Waals surface area contributed by atoms with Crippen LogP contribution in [0.5, 0.6) is 0 Å². The number of primary amides is 1. The minimum Gasteiger partial charge on any atom is -0.364 e. The van der Waals surface area contributed by atoms with Crippen molar-refractivity contribution < 1.29 is 4.79 Å². The highest BCUT2D eigenvalue weighted by molar-refractivity contribution is 6.49. The average molecular weight is 347 g/mol. The lowest BCUT2D eigenvalue weighted by molar-refractivity contribution is -0.112. The number of aromatic nitrogens is 2. The summed E-state index contributed by atoms with van der Waals surface area (Å²) in [6.07, 6.45) is 8.27. The molecular formula is C18H17N7O. The van der Waals surface area contributed by atoms with Crippen LogP contribution in [0.25, 0.3) is 11.4 Å². The summed E-state index contributed by atoms with van der Waals surface area (Å²) in [7, 11) is 0. The Morgan fingerprint density at radius 2 is 2.12 bits per heavy atom. The summed E-state index contributed by atoms with van der Waals surface area (Å²) in [5, 5.41) is 10.7. The van der Waals surface area contributed by atoms with Gasteiger partial charge < -0.3 is 10.7 Å². The quantitative estimate of drug-likeness (QED) is 0.784. The number of benzene rings is 1. The van der Waals surface area contributed by atoms with Crippen molar-refractivity contribution in [2.24, 2.45) is 21.4 Å². The van der Waals surface area contributed by atoms with Gasteiger partial charge in [-0.3, -0.25) is 10.2 Å². The first-order chi connectivity index (χ1) is 12.7. The summed E-state index contributed by atoms with van der Waals surface area (Å²) in [4.78, 5) is 19.5. The molecule has 5 rings (SSSR count). The minimum atomic E-state index is -0.635. The summed E-state index contributed by atoms with van der Waals surface area (Å²) in [5.41, 5.74) is 11.2. The molecule has 1 amide bonds. The maximum atomic E-state index is 12.1. The van der Waals surface area contributed by atoms with Gasteiger partial charge in [-0.1, -0.05) is 6.08 Å². The molecule has 1 atom stereocenters. The summed E-state index contributed by atoms with van der Waals surface area (Å²) < 4.78 is 0. The fourth-order valence-corrected chi connectivity index (χ4v) is 3.94. The Bertz CT molecular complexity index is 971. The van der Waals surface area contributed by atoms with E-state index in [-0.39, 0.29) is 0 Å². The molecule has 3 aliphatic rings. The molecule has 0 bridgehead atoms. The molecule has 1 aliphatic carbocycles. The molecule has 4 N–H and O–H groups in total. The number of amides is 1. The van der Waals surface area contributed by atoms with E-state index in [2.05, 4.69) is 31.7 Å². The van der Waals surface area contributed by atoms with E-state index in [4.69, 9.17) is 5.73 Å². The van der Waals surface area contributed by atoms with Gasteiger partial charge in [0.25, 0.3) is 5.91 Å². The number of hydrogen-bond donors (Lipinski definition) is 3. The number of hydrazone groups is 2. The van der Waals surface area contributed by atoms with E-state index in [0.29, 0.717) is 11.5 Å². The second-order valence-electron chi connectivity index (χ2n) is 6.57. The molecule has 1 aromatic carbocycles. The largest absolute Gasteiger partial charge is 0.364 e. The third-order valence-electron chi connectivity index (χ3n) is 5.15. The smallest absolute Gasteiger partial charge is 0.266 e. The summed E-state index contributed by atoms with van der Waals surface area (Å²) in [5.74, 6) is 1.00. The summed E-state index contributed by atoms with van der Waals surface area (Å²) in [6, 6.07) is 7.79. The molecule has 0 saturated heterocycles. The number of hydrogen-bond acceptors (Lipinski definition) is 6. The zero-order valence-electron chi connectivity index (χ0n) is 13.9. The molecule has 2 aliphatic heterocycles. The van der Waals surface area contributed by atoms with Gasteiger partial charge in [0.05, 0.1) is 5.69 Å². The molecule has 26 heavy (non-hydrogen) atoms. The van der Waals surface area contributed by atoms with E-state index in [0.717, 1.165) is 42.0 Å². The fraction of sp³-hybridized carbons (Fsp3) is 0.222. The van der Waals surface area contributed by atoms with Crippen LogP contribution >= 0.6 is 0 Å². The number of amidine groups is 1. The highest BCUT2D eigenvalue weighted by Gasteiger charge is 2.57. The molecule has 0 saturated carbocycles. The highest BCUT2D eigenvalue weighted by atomic mass is 16.1. The second kappa shape index (κ2) is 5.29. The number of carbonyl (C=O) groups is 1. The number of nitrogens with two attached hydrogens (primary N) is 1. The van der Waals surface area contributed by atoms with Crippen molar-refractivity contribution in [3.05, 3.63) is 48.4 Å². The van der Waals surface area contributed by atoms with E-state index < -0.39 is 11.3 Å². The number of nitrogens with zero attached hydrogens (tertiary/aromatic N) is 4. The van der Waals surface area contributed by atoms with E-state index in [1.165, 1.54) is 0 Å². The van der Waals surface area contributed by atoms with Crippen LogP contribution in [-0.4, -0.2) is 27.4 Å². The number of nitrogens with one attached hydrogen (secondary N) is 2. The van der Waals surface area contributed by atoms with Crippen LogP contribution in [0.2, 0.25) is 0 Å². The lowest BCUT2D eigenvalue weighted by atomic mass is 9.72. The topological polar surface area (TPSA) is 112 Å². The molecule has 130 valence electrons. The van der Waals surface area contributed by atoms with Gasteiger partial charge in [-0.25, -0.2) is 9.99 Å². The number of imidazole rings is 1. The van der Waals surface area contributed by atoms with Crippen molar-refractivity contribution in [1.82, 2.24) is 15.4 Å². The van der Waals surface area contributed by atoms with Crippen molar-refractivity contribution in [3.8, 4) is 11.4 Å². The first-order valence-corrected chi connectivity index (χ1v) is 8.54. The Morgan fingerprint density at radius 3 is 2.85 bits per heavy atom. The molecule has 8 heteroatoms. The Morgan fingerprint density at radius 1 is 1.27 bits per heavy atom. The Hall–Kier alpha value is -3.42.